The van der Waals surface area contributed by atoms with Crippen molar-refractivity contribution < 1.29 is 0 Å². The standard InChI is InChI=1S/C14H19N/c1-10(2)13-7-6-12(9-15-5)8-14(13)11(3)4/h6-8,15H,1,3,9H2,2,4-5H3. The lowest BCUT2D eigenvalue weighted by Crippen LogP contribution is -2.05. The van der Waals surface area contributed by atoms with Crippen LogP contribution in [0.5, 0.6) is 0 Å². The molecule has 1 rings (SSSR count). The highest BCUT2D eigenvalue weighted by molar-refractivity contribution is 5.76. The summed E-state index contributed by atoms with van der Waals surface area (Å²) in [5.74, 6) is 0. The van der Waals surface area contributed by atoms with Gasteiger partial charge in [0.2, 0.25) is 0 Å². The number of rotatable bonds is 4. The molecule has 1 nitrogen and oxygen atoms in total. The molecule has 15 heavy (non-hydrogen) atoms. The first-order valence-corrected chi connectivity index (χ1v) is 5.15. The van der Waals surface area contributed by atoms with Crippen molar-refractivity contribution in [3.05, 3.63) is 48.0 Å². The quantitative estimate of drug-likeness (QED) is 0.786. The van der Waals surface area contributed by atoms with E-state index in [2.05, 4.69) is 36.7 Å². The number of benzene rings is 1. The van der Waals surface area contributed by atoms with Gasteiger partial charge in [0, 0.05) is 6.54 Å². The van der Waals surface area contributed by atoms with E-state index < -0.39 is 0 Å². The summed E-state index contributed by atoms with van der Waals surface area (Å²) in [4.78, 5) is 0. The van der Waals surface area contributed by atoms with Crippen molar-refractivity contribution >= 4 is 11.1 Å². The van der Waals surface area contributed by atoms with Crippen LogP contribution in [0.1, 0.15) is 30.5 Å². The molecule has 1 aromatic carbocycles. The number of allylic oxidation sites excluding steroid dienone is 2. The lowest BCUT2D eigenvalue weighted by atomic mass is 9.95. The van der Waals surface area contributed by atoms with Gasteiger partial charge in [-0.05, 0) is 43.7 Å². The molecule has 0 fully saturated rings. The van der Waals surface area contributed by atoms with Crippen molar-refractivity contribution in [2.45, 2.75) is 20.4 Å². The van der Waals surface area contributed by atoms with Gasteiger partial charge in [0.1, 0.15) is 0 Å². The third kappa shape index (κ3) is 2.80. The lowest BCUT2D eigenvalue weighted by molar-refractivity contribution is 0.817. The molecule has 1 N–H and O–H groups in total. The second kappa shape index (κ2) is 4.94. The maximum absolute atomic E-state index is 4.01. The summed E-state index contributed by atoms with van der Waals surface area (Å²) in [5.41, 5.74) is 5.85. The summed E-state index contributed by atoms with van der Waals surface area (Å²) >= 11 is 0. The highest BCUT2D eigenvalue weighted by Crippen LogP contribution is 2.24. The van der Waals surface area contributed by atoms with Crippen LogP contribution in [-0.2, 0) is 6.54 Å². The maximum atomic E-state index is 4.01. The van der Waals surface area contributed by atoms with Crippen LogP contribution in [0.4, 0.5) is 0 Å². The Balaban J connectivity index is 3.21. The molecule has 0 radical (unpaired) electrons. The fourth-order valence-electron chi connectivity index (χ4n) is 1.63. The van der Waals surface area contributed by atoms with E-state index in [1.807, 2.05) is 20.9 Å². The Morgan fingerprint density at radius 2 is 1.73 bits per heavy atom. The Labute approximate surface area is 92.5 Å². The third-order valence-electron chi connectivity index (χ3n) is 2.38. The highest BCUT2D eigenvalue weighted by atomic mass is 14.8. The largest absolute Gasteiger partial charge is 0.316 e. The van der Waals surface area contributed by atoms with Crippen LogP contribution in [-0.4, -0.2) is 7.05 Å². The molecule has 1 aromatic rings. The number of hydrogen-bond donors (Lipinski definition) is 1. The van der Waals surface area contributed by atoms with Gasteiger partial charge < -0.3 is 5.32 Å². The Bertz CT molecular complexity index is 388. The molecule has 0 saturated carbocycles. The van der Waals surface area contributed by atoms with Gasteiger partial charge in [0.25, 0.3) is 0 Å². The Morgan fingerprint density at radius 1 is 1.13 bits per heavy atom. The fourth-order valence-corrected chi connectivity index (χ4v) is 1.63. The van der Waals surface area contributed by atoms with E-state index in [0.29, 0.717) is 0 Å². The van der Waals surface area contributed by atoms with Crippen LogP contribution in [0.25, 0.3) is 11.1 Å². The van der Waals surface area contributed by atoms with Crippen molar-refractivity contribution in [1.82, 2.24) is 5.32 Å². The predicted octanol–water partition coefficient (Wildman–Crippen LogP) is 3.47. The Hall–Kier alpha value is -1.34. The van der Waals surface area contributed by atoms with E-state index in [1.54, 1.807) is 0 Å². The first-order chi connectivity index (χ1) is 7.06. The summed E-state index contributed by atoms with van der Waals surface area (Å²) in [6.07, 6.45) is 0. The zero-order valence-electron chi connectivity index (χ0n) is 9.85. The first-order valence-electron chi connectivity index (χ1n) is 5.15. The van der Waals surface area contributed by atoms with Gasteiger partial charge in [-0.2, -0.15) is 0 Å². The van der Waals surface area contributed by atoms with Gasteiger partial charge in [0.05, 0.1) is 0 Å². The minimum Gasteiger partial charge on any atom is -0.316 e. The van der Waals surface area contributed by atoms with Gasteiger partial charge in [0.15, 0.2) is 0 Å². The molecule has 1 heteroatoms. The van der Waals surface area contributed by atoms with Gasteiger partial charge in [-0.15, -0.1) is 0 Å². The van der Waals surface area contributed by atoms with Gasteiger partial charge in [-0.3, -0.25) is 0 Å². The SMILES string of the molecule is C=C(C)c1ccc(CNC)cc1C(=C)C. The fraction of sp³-hybridized carbons (Fsp3) is 0.286. The molecule has 0 atom stereocenters. The number of hydrogen-bond acceptors (Lipinski definition) is 1. The average Bonchev–Trinajstić information content (AvgIpc) is 2.17. The summed E-state index contributed by atoms with van der Waals surface area (Å²) in [6.45, 7) is 12.9. The van der Waals surface area contributed by atoms with Crippen molar-refractivity contribution in [2.24, 2.45) is 0 Å². The minimum absolute atomic E-state index is 0.886. The Kier molecular flexibility index (Phi) is 3.87. The van der Waals surface area contributed by atoms with Crippen LogP contribution in [0.2, 0.25) is 0 Å². The van der Waals surface area contributed by atoms with E-state index in [-0.39, 0.29) is 0 Å². The van der Waals surface area contributed by atoms with E-state index >= 15 is 0 Å². The molecule has 0 amide bonds. The van der Waals surface area contributed by atoms with Gasteiger partial charge in [-0.1, -0.05) is 36.4 Å². The van der Waals surface area contributed by atoms with Crippen LogP contribution in [0, 0.1) is 0 Å². The predicted molar refractivity (Wildman–Crippen MR) is 68.6 cm³/mol. The van der Waals surface area contributed by atoms with Crippen molar-refractivity contribution in [2.75, 3.05) is 7.05 Å². The van der Waals surface area contributed by atoms with Crippen LogP contribution < -0.4 is 5.32 Å². The molecular formula is C14H19N. The topological polar surface area (TPSA) is 12.0 Å². The summed E-state index contributed by atoms with van der Waals surface area (Å²) in [6, 6.07) is 6.44. The molecule has 0 aromatic heterocycles. The maximum Gasteiger partial charge on any atom is 0.0202 e. The molecule has 0 unspecified atom stereocenters. The molecule has 0 aliphatic carbocycles. The molecule has 0 saturated heterocycles. The second-order valence-corrected chi connectivity index (χ2v) is 3.97. The van der Waals surface area contributed by atoms with E-state index in [1.165, 1.54) is 16.7 Å². The first kappa shape index (κ1) is 11.7. The molecule has 0 heterocycles. The third-order valence-corrected chi connectivity index (χ3v) is 2.38. The zero-order valence-corrected chi connectivity index (χ0v) is 9.85. The summed E-state index contributed by atoms with van der Waals surface area (Å²) < 4.78 is 0. The molecule has 0 aliphatic heterocycles. The average molecular weight is 201 g/mol. The van der Waals surface area contributed by atoms with E-state index in [0.717, 1.165) is 17.7 Å². The molecule has 0 spiro atoms. The van der Waals surface area contributed by atoms with Crippen molar-refractivity contribution in [3.8, 4) is 0 Å². The molecule has 0 aliphatic rings. The van der Waals surface area contributed by atoms with Crippen LogP contribution in [0.15, 0.2) is 31.4 Å². The lowest BCUT2D eigenvalue weighted by Gasteiger charge is -2.11. The summed E-state index contributed by atoms with van der Waals surface area (Å²) in [7, 11) is 1.95. The van der Waals surface area contributed by atoms with E-state index in [4.69, 9.17) is 0 Å². The molecule has 0 bridgehead atoms. The van der Waals surface area contributed by atoms with Crippen LogP contribution in [0.3, 0.4) is 0 Å². The van der Waals surface area contributed by atoms with Gasteiger partial charge in [-0.25, -0.2) is 0 Å². The number of nitrogens with one attached hydrogen (secondary N) is 1. The monoisotopic (exact) mass is 201 g/mol. The second-order valence-electron chi connectivity index (χ2n) is 3.97. The zero-order chi connectivity index (χ0) is 11.4. The Morgan fingerprint density at radius 3 is 2.20 bits per heavy atom. The van der Waals surface area contributed by atoms with Gasteiger partial charge >= 0.3 is 0 Å². The van der Waals surface area contributed by atoms with E-state index in [9.17, 15) is 0 Å². The highest BCUT2D eigenvalue weighted by Gasteiger charge is 2.04. The molecule has 80 valence electrons. The smallest absolute Gasteiger partial charge is 0.0202 e. The molecular weight excluding hydrogens is 182 g/mol. The van der Waals surface area contributed by atoms with Crippen molar-refractivity contribution in [3.63, 3.8) is 0 Å². The summed E-state index contributed by atoms with van der Waals surface area (Å²) in [5, 5.41) is 3.15. The van der Waals surface area contributed by atoms with Crippen molar-refractivity contribution in [1.29, 1.82) is 0 Å². The minimum atomic E-state index is 0.886. The normalized spacial score (nSPS) is 10.1. The van der Waals surface area contributed by atoms with Crippen LogP contribution >= 0.6 is 0 Å².